The number of hydrogen-bond acceptors (Lipinski definition) is 2. The first-order chi connectivity index (χ1) is 9.08. The molecule has 0 bridgehead atoms. The highest BCUT2D eigenvalue weighted by molar-refractivity contribution is 6.42. The second-order valence-corrected chi connectivity index (χ2v) is 6.19. The van der Waals surface area contributed by atoms with Crippen LogP contribution in [0.25, 0.3) is 0 Å². The second-order valence-electron chi connectivity index (χ2n) is 5.37. The van der Waals surface area contributed by atoms with Gasteiger partial charge in [0.2, 0.25) is 0 Å². The molecular formula is C15H21Cl2NO. The first-order valence-corrected chi connectivity index (χ1v) is 7.72. The predicted octanol–water partition coefficient (Wildman–Crippen LogP) is 4.34. The van der Waals surface area contributed by atoms with Crippen molar-refractivity contribution in [3.05, 3.63) is 33.8 Å². The quantitative estimate of drug-likeness (QED) is 0.814. The molecule has 1 aromatic rings. The molecule has 19 heavy (non-hydrogen) atoms. The van der Waals surface area contributed by atoms with Crippen LogP contribution in [0.4, 0.5) is 0 Å². The van der Waals surface area contributed by atoms with E-state index in [2.05, 4.69) is 12.2 Å². The number of aliphatic hydroxyl groups is 1. The lowest BCUT2D eigenvalue weighted by Gasteiger charge is -2.26. The van der Waals surface area contributed by atoms with Crippen molar-refractivity contribution < 1.29 is 5.11 Å². The summed E-state index contributed by atoms with van der Waals surface area (Å²) in [6.07, 6.45) is 5.21. The molecule has 2 N–H and O–H groups in total. The van der Waals surface area contributed by atoms with Crippen LogP contribution in [0.1, 0.15) is 50.6 Å². The summed E-state index contributed by atoms with van der Waals surface area (Å²) in [6.45, 7) is 2.09. The standard InChI is InChI=1S/C15H21Cl2NO/c1-10(11-7-8-12(16)13(17)9-11)18-14-5-3-2-4-6-15(14)19/h7-10,14-15,18-19H,2-6H2,1H3. The first kappa shape index (κ1) is 15.1. The van der Waals surface area contributed by atoms with E-state index in [9.17, 15) is 5.11 Å². The molecule has 0 aliphatic heterocycles. The van der Waals surface area contributed by atoms with Gasteiger partial charge in [-0.1, -0.05) is 48.5 Å². The van der Waals surface area contributed by atoms with Crippen molar-refractivity contribution in [1.29, 1.82) is 0 Å². The third-order valence-electron chi connectivity index (χ3n) is 3.89. The van der Waals surface area contributed by atoms with Crippen LogP contribution in [0.15, 0.2) is 18.2 Å². The topological polar surface area (TPSA) is 32.3 Å². The van der Waals surface area contributed by atoms with Crippen LogP contribution < -0.4 is 5.32 Å². The monoisotopic (exact) mass is 301 g/mol. The second kappa shape index (κ2) is 6.94. The Morgan fingerprint density at radius 1 is 1.16 bits per heavy atom. The molecule has 2 rings (SSSR count). The summed E-state index contributed by atoms with van der Waals surface area (Å²) in [6, 6.07) is 6.03. The van der Waals surface area contributed by atoms with Gasteiger partial charge < -0.3 is 10.4 Å². The molecule has 1 saturated carbocycles. The van der Waals surface area contributed by atoms with Crippen LogP contribution in [0, 0.1) is 0 Å². The van der Waals surface area contributed by atoms with E-state index in [0.29, 0.717) is 10.0 Å². The van der Waals surface area contributed by atoms with Gasteiger partial charge in [0.05, 0.1) is 16.1 Å². The van der Waals surface area contributed by atoms with E-state index in [-0.39, 0.29) is 18.2 Å². The summed E-state index contributed by atoms with van der Waals surface area (Å²) >= 11 is 12.0. The highest BCUT2D eigenvalue weighted by Gasteiger charge is 2.23. The van der Waals surface area contributed by atoms with Crippen LogP contribution in [0.2, 0.25) is 10.0 Å². The summed E-state index contributed by atoms with van der Waals surface area (Å²) < 4.78 is 0. The molecule has 0 amide bonds. The molecule has 4 heteroatoms. The largest absolute Gasteiger partial charge is 0.392 e. The first-order valence-electron chi connectivity index (χ1n) is 6.97. The maximum absolute atomic E-state index is 10.1. The van der Waals surface area contributed by atoms with E-state index in [0.717, 1.165) is 24.8 Å². The fourth-order valence-corrected chi connectivity index (χ4v) is 2.99. The molecular weight excluding hydrogens is 281 g/mol. The lowest BCUT2D eigenvalue weighted by Crippen LogP contribution is -2.40. The molecule has 0 aromatic heterocycles. The van der Waals surface area contributed by atoms with Crippen molar-refractivity contribution in [2.24, 2.45) is 0 Å². The van der Waals surface area contributed by atoms with Crippen LogP contribution in [-0.2, 0) is 0 Å². The van der Waals surface area contributed by atoms with Gasteiger partial charge >= 0.3 is 0 Å². The summed E-state index contributed by atoms with van der Waals surface area (Å²) in [4.78, 5) is 0. The lowest BCUT2D eigenvalue weighted by atomic mass is 10.0. The highest BCUT2D eigenvalue weighted by Crippen LogP contribution is 2.27. The van der Waals surface area contributed by atoms with Gasteiger partial charge in [0.25, 0.3) is 0 Å². The zero-order valence-electron chi connectivity index (χ0n) is 11.2. The van der Waals surface area contributed by atoms with Crippen LogP contribution in [0.3, 0.4) is 0 Å². The molecule has 1 aliphatic rings. The Morgan fingerprint density at radius 3 is 2.63 bits per heavy atom. The van der Waals surface area contributed by atoms with Gasteiger partial charge in [-0.3, -0.25) is 0 Å². The van der Waals surface area contributed by atoms with Crippen molar-refractivity contribution >= 4 is 23.2 Å². The summed E-state index contributed by atoms with van der Waals surface area (Å²) in [7, 11) is 0. The van der Waals surface area contributed by atoms with E-state index < -0.39 is 0 Å². The Balaban J connectivity index is 2.02. The molecule has 0 heterocycles. The van der Waals surface area contributed by atoms with Crippen molar-refractivity contribution in [1.82, 2.24) is 5.32 Å². The summed E-state index contributed by atoms with van der Waals surface area (Å²) in [5.74, 6) is 0. The van der Waals surface area contributed by atoms with Crippen LogP contribution in [-0.4, -0.2) is 17.3 Å². The van der Waals surface area contributed by atoms with Gasteiger partial charge in [0.15, 0.2) is 0 Å². The normalized spacial score (nSPS) is 25.9. The fourth-order valence-electron chi connectivity index (χ4n) is 2.68. The molecule has 1 fully saturated rings. The molecule has 2 nitrogen and oxygen atoms in total. The Labute approximate surface area is 125 Å². The lowest BCUT2D eigenvalue weighted by molar-refractivity contribution is 0.115. The van der Waals surface area contributed by atoms with Gasteiger partial charge in [-0.2, -0.15) is 0 Å². The zero-order chi connectivity index (χ0) is 13.8. The minimum absolute atomic E-state index is 0.160. The Kier molecular flexibility index (Phi) is 5.52. The van der Waals surface area contributed by atoms with E-state index in [1.165, 1.54) is 12.8 Å². The van der Waals surface area contributed by atoms with E-state index in [1.54, 1.807) is 0 Å². The molecule has 0 radical (unpaired) electrons. The molecule has 0 saturated heterocycles. The Hall–Kier alpha value is -0.280. The number of benzene rings is 1. The highest BCUT2D eigenvalue weighted by atomic mass is 35.5. The zero-order valence-corrected chi connectivity index (χ0v) is 12.7. The number of nitrogens with one attached hydrogen (secondary N) is 1. The van der Waals surface area contributed by atoms with E-state index in [4.69, 9.17) is 23.2 Å². The smallest absolute Gasteiger partial charge is 0.0693 e. The van der Waals surface area contributed by atoms with Gasteiger partial charge in [-0.25, -0.2) is 0 Å². The number of aliphatic hydroxyl groups excluding tert-OH is 1. The minimum atomic E-state index is -0.243. The maximum atomic E-state index is 10.1. The Bertz CT molecular complexity index is 425. The minimum Gasteiger partial charge on any atom is -0.392 e. The Morgan fingerprint density at radius 2 is 1.89 bits per heavy atom. The molecule has 0 spiro atoms. The summed E-state index contributed by atoms with van der Waals surface area (Å²) in [5.41, 5.74) is 1.10. The van der Waals surface area contributed by atoms with Gasteiger partial charge in [-0.15, -0.1) is 0 Å². The third-order valence-corrected chi connectivity index (χ3v) is 4.63. The molecule has 106 valence electrons. The molecule has 3 atom stereocenters. The van der Waals surface area contributed by atoms with E-state index >= 15 is 0 Å². The average Bonchev–Trinajstić information content (AvgIpc) is 2.58. The molecule has 1 aromatic carbocycles. The van der Waals surface area contributed by atoms with Crippen molar-refractivity contribution in [3.63, 3.8) is 0 Å². The molecule has 3 unspecified atom stereocenters. The fraction of sp³-hybridized carbons (Fsp3) is 0.600. The third kappa shape index (κ3) is 4.09. The molecule has 1 aliphatic carbocycles. The van der Waals surface area contributed by atoms with Crippen molar-refractivity contribution in [2.45, 2.75) is 57.2 Å². The maximum Gasteiger partial charge on any atom is 0.0693 e. The van der Waals surface area contributed by atoms with Gasteiger partial charge in [0, 0.05) is 12.1 Å². The SMILES string of the molecule is CC(NC1CCCCCC1O)c1ccc(Cl)c(Cl)c1. The van der Waals surface area contributed by atoms with Crippen molar-refractivity contribution in [3.8, 4) is 0 Å². The van der Waals surface area contributed by atoms with Crippen LogP contribution in [0.5, 0.6) is 0 Å². The van der Waals surface area contributed by atoms with E-state index in [1.807, 2.05) is 18.2 Å². The number of halogens is 2. The number of hydrogen-bond donors (Lipinski definition) is 2. The average molecular weight is 302 g/mol. The van der Waals surface area contributed by atoms with Gasteiger partial charge in [0.1, 0.15) is 0 Å². The van der Waals surface area contributed by atoms with Gasteiger partial charge in [-0.05, 0) is 37.5 Å². The number of rotatable bonds is 3. The van der Waals surface area contributed by atoms with Crippen LogP contribution >= 0.6 is 23.2 Å². The summed E-state index contributed by atoms with van der Waals surface area (Å²) in [5, 5.41) is 14.8. The predicted molar refractivity (Wildman–Crippen MR) is 80.9 cm³/mol. The van der Waals surface area contributed by atoms with Crippen molar-refractivity contribution in [2.75, 3.05) is 0 Å².